The fourth-order valence-corrected chi connectivity index (χ4v) is 3.61. The summed E-state index contributed by atoms with van der Waals surface area (Å²) in [6, 6.07) is 8.15. The number of benzene rings is 1. The molecule has 0 bridgehead atoms. The van der Waals surface area contributed by atoms with Gasteiger partial charge in [0.15, 0.2) is 0 Å². The normalized spacial score (nSPS) is 32.3. The molecule has 0 amide bonds. The van der Waals surface area contributed by atoms with Gasteiger partial charge in [-0.25, -0.2) is 0 Å². The Hall–Kier alpha value is -0.530. The van der Waals surface area contributed by atoms with E-state index in [0.29, 0.717) is 11.8 Å². The molecular formula is C17H25ClO. The lowest BCUT2D eigenvalue weighted by Gasteiger charge is -2.46. The van der Waals surface area contributed by atoms with Gasteiger partial charge in [0.25, 0.3) is 0 Å². The summed E-state index contributed by atoms with van der Waals surface area (Å²) in [6.07, 6.45) is 2.83. The highest BCUT2D eigenvalue weighted by molar-refractivity contribution is 6.30. The molecule has 3 unspecified atom stereocenters. The van der Waals surface area contributed by atoms with Gasteiger partial charge in [0.1, 0.15) is 0 Å². The van der Waals surface area contributed by atoms with Crippen molar-refractivity contribution in [2.24, 2.45) is 11.3 Å². The lowest BCUT2D eigenvalue weighted by atomic mass is 9.61. The van der Waals surface area contributed by atoms with Crippen LogP contribution in [0.15, 0.2) is 24.3 Å². The second-order valence-corrected chi connectivity index (χ2v) is 7.81. The molecule has 19 heavy (non-hydrogen) atoms. The highest BCUT2D eigenvalue weighted by atomic mass is 35.5. The number of rotatable bonds is 1. The number of aliphatic hydroxyl groups is 1. The second-order valence-electron chi connectivity index (χ2n) is 7.37. The molecule has 0 saturated heterocycles. The van der Waals surface area contributed by atoms with Crippen molar-refractivity contribution in [2.45, 2.75) is 58.5 Å². The maximum absolute atomic E-state index is 10.4. The van der Waals surface area contributed by atoms with E-state index in [4.69, 9.17) is 11.6 Å². The zero-order valence-corrected chi connectivity index (χ0v) is 13.2. The first-order valence-corrected chi connectivity index (χ1v) is 7.55. The minimum atomic E-state index is -0.536. The van der Waals surface area contributed by atoms with E-state index in [1.807, 2.05) is 19.1 Å². The average molecular weight is 281 g/mol. The van der Waals surface area contributed by atoms with E-state index in [2.05, 4.69) is 32.9 Å². The van der Waals surface area contributed by atoms with E-state index < -0.39 is 5.60 Å². The fraction of sp³-hybridized carbons (Fsp3) is 0.647. The topological polar surface area (TPSA) is 20.2 Å². The molecule has 0 spiro atoms. The van der Waals surface area contributed by atoms with Gasteiger partial charge in [-0.3, -0.25) is 0 Å². The van der Waals surface area contributed by atoms with Crippen LogP contribution in [0.3, 0.4) is 0 Å². The van der Waals surface area contributed by atoms with Crippen LogP contribution in [-0.2, 0) is 0 Å². The van der Waals surface area contributed by atoms with Gasteiger partial charge >= 0.3 is 0 Å². The highest BCUT2D eigenvalue weighted by Crippen LogP contribution is 2.49. The summed E-state index contributed by atoms with van der Waals surface area (Å²) >= 11 is 5.98. The molecule has 1 saturated carbocycles. The lowest BCUT2D eigenvalue weighted by molar-refractivity contribution is -0.0226. The Morgan fingerprint density at radius 2 is 1.79 bits per heavy atom. The first-order chi connectivity index (χ1) is 8.69. The molecule has 1 fully saturated rings. The molecule has 0 radical (unpaired) electrons. The van der Waals surface area contributed by atoms with Crippen LogP contribution in [0.5, 0.6) is 0 Å². The minimum absolute atomic E-state index is 0.265. The van der Waals surface area contributed by atoms with E-state index in [1.54, 1.807) is 0 Å². The van der Waals surface area contributed by atoms with Gasteiger partial charge in [0.05, 0.1) is 5.60 Å². The molecule has 3 atom stereocenters. The summed E-state index contributed by atoms with van der Waals surface area (Å²) in [5, 5.41) is 11.2. The smallest absolute Gasteiger partial charge is 0.0625 e. The summed E-state index contributed by atoms with van der Waals surface area (Å²) in [5.74, 6) is 1.02. The van der Waals surface area contributed by atoms with Gasteiger partial charge in [-0.1, -0.05) is 44.5 Å². The van der Waals surface area contributed by atoms with Crippen molar-refractivity contribution < 1.29 is 5.11 Å². The maximum atomic E-state index is 10.4. The van der Waals surface area contributed by atoms with Gasteiger partial charge in [-0.2, -0.15) is 0 Å². The zero-order chi connectivity index (χ0) is 14.3. The molecule has 1 aromatic rings. The van der Waals surface area contributed by atoms with Gasteiger partial charge in [0, 0.05) is 5.02 Å². The third kappa shape index (κ3) is 3.52. The molecule has 1 N–H and O–H groups in total. The quantitative estimate of drug-likeness (QED) is 0.766. The summed E-state index contributed by atoms with van der Waals surface area (Å²) in [7, 11) is 0. The molecule has 0 heterocycles. The van der Waals surface area contributed by atoms with Crippen LogP contribution in [0, 0.1) is 11.3 Å². The van der Waals surface area contributed by atoms with Crippen molar-refractivity contribution in [1.29, 1.82) is 0 Å². The van der Waals surface area contributed by atoms with Crippen LogP contribution in [0.4, 0.5) is 0 Å². The average Bonchev–Trinajstić information content (AvgIpc) is 2.27. The van der Waals surface area contributed by atoms with Gasteiger partial charge < -0.3 is 5.11 Å². The van der Waals surface area contributed by atoms with Crippen LogP contribution in [0.2, 0.25) is 5.02 Å². The van der Waals surface area contributed by atoms with E-state index in [-0.39, 0.29) is 5.41 Å². The molecule has 1 nitrogen and oxygen atoms in total. The van der Waals surface area contributed by atoms with Crippen molar-refractivity contribution >= 4 is 11.6 Å². The van der Waals surface area contributed by atoms with Crippen LogP contribution >= 0.6 is 11.6 Å². The maximum Gasteiger partial charge on any atom is 0.0625 e. The highest BCUT2D eigenvalue weighted by Gasteiger charge is 2.41. The largest absolute Gasteiger partial charge is 0.390 e. The fourth-order valence-electron chi connectivity index (χ4n) is 3.48. The van der Waals surface area contributed by atoms with Crippen molar-refractivity contribution in [1.82, 2.24) is 0 Å². The van der Waals surface area contributed by atoms with Gasteiger partial charge in [0.2, 0.25) is 0 Å². The number of hydrogen-bond acceptors (Lipinski definition) is 1. The van der Waals surface area contributed by atoms with E-state index in [1.165, 1.54) is 5.56 Å². The van der Waals surface area contributed by atoms with E-state index in [9.17, 15) is 5.11 Å². The van der Waals surface area contributed by atoms with Gasteiger partial charge in [-0.05, 0) is 61.1 Å². The molecule has 1 aliphatic rings. The Kier molecular flexibility index (Phi) is 3.99. The summed E-state index contributed by atoms with van der Waals surface area (Å²) < 4.78 is 0. The van der Waals surface area contributed by atoms with Crippen molar-refractivity contribution in [2.75, 3.05) is 0 Å². The predicted molar refractivity (Wildman–Crippen MR) is 81.6 cm³/mol. The van der Waals surface area contributed by atoms with Crippen LogP contribution in [0.1, 0.15) is 58.4 Å². The van der Waals surface area contributed by atoms with Gasteiger partial charge in [-0.15, -0.1) is 0 Å². The molecule has 0 aliphatic heterocycles. The van der Waals surface area contributed by atoms with Crippen LogP contribution in [0.25, 0.3) is 0 Å². The van der Waals surface area contributed by atoms with Crippen molar-refractivity contribution in [3.05, 3.63) is 34.9 Å². The standard InChI is InChI=1S/C17H25ClO/c1-16(2,3)15-9-10-17(4,19)11-14(15)12-5-7-13(18)8-6-12/h5-8,14-15,19H,9-11H2,1-4H3. The molecular weight excluding hydrogens is 256 g/mol. The van der Waals surface area contributed by atoms with E-state index >= 15 is 0 Å². The number of halogens is 1. The van der Waals surface area contributed by atoms with E-state index in [0.717, 1.165) is 24.3 Å². The molecule has 106 valence electrons. The zero-order valence-electron chi connectivity index (χ0n) is 12.4. The Bertz CT molecular complexity index is 428. The summed E-state index contributed by atoms with van der Waals surface area (Å²) in [4.78, 5) is 0. The second kappa shape index (κ2) is 5.10. The molecule has 1 aliphatic carbocycles. The molecule has 2 rings (SSSR count). The van der Waals surface area contributed by atoms with Crippen LogP contribution < -0.4 is 0 Å². The SMILES string of the molecule is CC1(O)CCC(C(C)(C)C)C(c2ccc(Cl)cc2)C1. The van der Waals surface area contributed by atoms with Crippen LogP contribution in [-0.4, -0.2) is 10.7 Å². The Balaban J connectivity index is 2.32. The summed E-state index contributed by atoms with van der Waals surface area (Å²) in [6.45, 7) is 8.89. The Morgan fingerprint density at radius 3 is 2.32 bits per heavy atom. The minimum Gasteiger partial charge on any atom is -0.390 e. The Morgan fingerprint density at radius 1 is 1.21 bits per heavy atom. The lowest BCUT2D eigenvalue weighted by Crippen LogP contribution is -2.40. The predicted octanol–water partition coefficient (Wildman–Crippen LogP) is 5.02. The Labute approximate surface area is 122 Å². The third-order valence-electron chi connectivity index (χ3n) is 4.55. The molecule has 1 aromatic carbocycles. The summed E-state index contributed by atoms with van der Waals surface area (Å²) in [5.41, 5.74) is 1.04. The first kappa shape index (κ1) is 14.9. The molecule has 2 heteroatoms. The third-order valence-corrected chi connectivity index (χ3v) is 4.80. The van der Waals surface area contributed by atoms with Crippen molar-refractivity contribution in [3.8, 4) is 0 Å². The van der Waals surface area contributed by atoms with Crippen molar-refractivity contribution in [3.63, 3.8) is 0 Å². The first-order valence-electron chi connectivity index (χ1n) is 7.17. The monoisotopic (exact) mass is 280 g/mol. The number of hydrogen-bond donors (Lipinski definition) is 1. The molecule has 0 aromatic heterocycles.